The molecule has 2 aliphatic heterocycles. The number of ether oxygens (including phenoxy) is 2. The third-order valence-corrected chi connectivity index (χ3v) is 6.26. The quantitative estimate of drug-likeness (QED) is 0.484. The van der Waals surface area contributed by atoms with Crippen LogP contribution in [0, 0.1) is 5.41 Å². The van der Waals surface area contributed by atoms with Crippen molar-refractivity contribution >= 4 is 57.8 Å². The molecule has 2 aliphatic rings. The van der Waals surface area contributed by atoms with Gasteiger partial charge in [0.1, 0.15) is 11.5 Å². The zero-order valence-electron chi connectivity index (χ0n) is 15.1. The van der Waals surface area contributed by atoms with Gasteiger partial charge in [0.2, 0.25) is 6.79 Å². The topological polar surface area (TPSA) is 75.8 Å². The van der Waals surface area contributed by atoms with E-state index in [0.717, 1.165) is 11.8 Å². The Balaban J connectivity index is 1.43. The second kappa shape index (κ2) is 7.43. The van der Waals surface area contributed by atoms with Gasteiger partial charge in [-0.15, -0.1) is 0 Å². The minimum Gasteiger partial charge on any atom is -0.457 e. The normalized spacial score (nSPS) is 16.7. The van der Waals surface area contributed by atoms with Crippen LogP contribution in [0.25, 0.3) is 17.4 Å². The molecule has 1 N–H and O–H groups in total. The summed E-state index contributed by atoms with van der Waals surface area (Å²) in [5.74, 6) is 1.85. The number of carbonyl (C=O) groups excluding carboxylic acids is 1. The van der Waals surface area contributed by atoms with Gasteiger partial charge in [-0.3, -0.25) is 15.1 Å². The SMILES string of the molecule is N=C1S/C(=C\c2ccc(-c3cccc(Cl)c3Cl)o2)C(=O)N1c1ccc2c(c1)OCO2. The van der Waals surface area contributed by atoms with Crippen molar-refractivity contribution in [3.05, 3.63) is 69.2 Å². The number of carbonyl (C=O) groups is 1. The molecule has 1 fully saturated rings. The maximum Gasteiger partial charge on any atom is 0.271 e. The van der Waals surface area contributed by atoms with Gasteiger partial charge >= 0.3 is 0 Å². The first-order valence-electron chi connectivity index (χ1n) is 8.78. The summed E-state index contributed by atoms with van der Waals surface area (Å²) >= 11 is 13.4. The van der Waals surface area contributed by atoms with Crippen molar-refractivity contribution in [1.82, 2.24) is 0 Å². The number of fused-ring (bicyclic) bond motifs is 1. The first kappa shape index (κ1) is 19.1. The van der Waals surface area contributed by atoms with Gasteiger partial charge in [-0.25, -0.2) is 0 Å². The largest absolute Gasteiger partial charge is 0.457 e. The van der Waals surface area contributed by atoms with E-state index in [2.05, 4.69) is 0 Å². The number of hydrogen-bond acceptors (Lipinski definition) is 6. The summed E-state index contributed by atoms with van der Waals surface area (Å²) in [5.41, 5.74) is 1.20. The van der Waals surface area contributed by atoms with E-state index in [0.29, 0.717) is 49.2 Å². The lowest BCUT2D eigenvalue weighted by Crippen LogP contribution is -2.28. The molecule has 0 atom stereocenters. The number of amidine groups is 1. The van der Waals surface area contributed by atoms with Gasteiger partial charge in [0.05, 0.1) is 20.6 Å². The Hall–Kier alpha value is -2.87. The smallest absolute Gasteiger partial charge is 0.271 e. The zero-order valence-corrected chi connectivity index (χ0v) is 17.5. The van der Waals surface area contributed by atoms with Crippen LogP contribution in [-0.2, 0) is 4.79 Å². The van der Waals surface area contributed by atoms with Gasteiger partial charge < -0.3 is 13.9 Å². The van der Waals surface area contributed by atoms with Gasteiger partial charge in [0.25, 0.3) is 5.91 Å². The Morgan fingerprint density at radius 1 is 1.07 bits per heavy atom. The highest BCUT2D eigenvalue weighted by atomic mass is 35.5. The monoisotopic (exact) mass is 458 g/mol. The lowest BCUT2D eigenvalue weighted by molar-refractivity contribution is -0.113. The molecule has 9 heteroatoms. The Bertz CT molecular complexity index is 1240. The predicted octanol–water partition coefficient (Wildman–Crippen LogP) is 6.04. The molecule has 30 heavy (non-hydrogen) atoms. The predicted molar refractivity (Wildman–Crippen MR) is 118 cm³/mol. The molecule has 6 nitrogen and oxygen atoms in total. The molecule has 0 spiro atoms. The summed E-state index contributed by atoms with van der Waals surface area (Å²) in [6, 6.07) is 13.9. The van der Waals surface area contributed by atoms with Crippen LogP contribution in [0.15, 0.2) is 57.9 Å². The molecule has 1 aromatic heterocycles. The molecule has 3 aromatic rings. The molecular formula is C21H12Cl2N2O4S. The van der Waals surface area contributed by atoms with Crippen molar-refractivity contribution in [3.8, 4) is 22.8 Å². The number of hydrogen-bond donors (Lipinski definition) is 1. The number of thioether (sulfide) groups is 1. The molecule has 150 valence electrons. The minimum atomic E-state index is -0.317. The maximum absolute atomic E-state index is 12.9. The first-order chi connectivity index (χ1) is 14.5. The highest BCUT2D eigenvalue weighted by molar-refractivity contribution is 8.19. The highest BCUT2D eigenvalue weighted by Gasteiger charge is 2.34. The summed E-state index contributed by atoms with van der Waals surface area (Å²) in [5, 5.41) is 9.17. The van der Waals surface area contributed by atoms with Crippen LogP contribution in [0.3, 0.4) is 0 Å². The van der Waals surface area contributed by atoms with E-state index in [1.807, 2.05) is 0 Å². The van der Waals surface area contributed by atoms with Gasteiger partial charge in [-0.1, -0.05) is 29.3 Å². The summed E-state index contributed by atoms with van der Waals surface area (Å²) in [7, 11) is 0. The summed E-state index contributed by atoms with van der Waals surface area (Å²) < 4.78 is 16.5. The fourth-order valence-corrected chi connectivity index (χ4v) is 4.38. The van der Waals surface area contributed by atoms with Gasteiger partial charge in [-0.2, -0.15) is 0 Å². The number of furan rings is 1. The van der Waals surface area contributed by atoms with E-state index in [1.165, 1.54) is 4.90 Å². The third-order valence-electron chi connectivity index (χ3n) is 4.56. The molecule has 2 aromatic carbocycles. The number of benzene rings is 2. The van der Waals surface area contributed by atoms with Crippen LogP contribution in [0.1, 0.15) is 5.76 Å². The number of nitrogens with one attached hydrogen (secondary N) is 1. The number of nitrogens with zero attached hydrogens (tertiary/aromatic N) is 1. The lowest BCUT2D eigenvalue weighted by Gasteiger charge is -2.14. The molecular weight excluding hydrogens is 447 g/mol. The summed E-state index contributed by atoms with van der Waals surface area (Å²) in [6.07, 6.45) is 1.61. The molecule has 0 radical (unpaired) electrons. The second-order valence-corrected chi connectivity index (χ2v) is 8.21. The molecule has 0 saturated carbocycles. The van der Waals surface area contributed by atoms with Crippen molar-refractivity contribution in [3.63, 3.8) is 0 Å². The van der Waals surface area contributed by atoms with E-state index >= 15 is 0 Å². The average molecular weight is 459 g/mol. The van der Waals surface area contributed by atoms with Crippen molar-refractivity contribution in [1.29, 1.82) is 5.41 Å². The maximum atomic E-state index is 12.9. The van der Waals surface area contributed by atoms with E-state index in [-0.39, 0.29) is 17.9 Å². The number of rotatable bonds is 3. The van der Waals surface area contributed by atoms with Crippen LogP contribution in [0.4, 0.5) is 5.69 Å². The van der Waals surface area contributed by atoms with Crippen LogP contribution in [0.5, 0.6) is 11.5 Å². The molecule has 1 saturated heterocycles. The summed E-state index contributed by atoms with van der Waals surface area (Å²) in [6.45, 7) is 0.140. The van der Waals surface area contributed by atoms with Crippen LogP contribution >= 0.6 is 35.0 Å². The standard InChI is InChI=1S/C21H12Cl2N2O4S/c22-14-3-1-2-13(19(14)23)15-7-5-12(29-15)9-18-20(26)25(21(24)30-18)11-4-6-16-17(8-11)28-10-27-16/h1-9,24H,10H2/b18-9-,24-21?. The van der Waals surface area contributed by atoms with Crippen molar-refractivity contribution < 1.29 is 18.7 Å². The Kier molecular flexibility index (Phi) is 4.73. The van der Waals surface area contributed by atoms with Crippen molar-refractivity contribution in [2.45, 2.75) is 0 Å². The molecule has 5 rings (SSSR count). The average Bonchev–Trinajstić information content (AvgIpc) is 3.44. The molecule has 0 unspecified atom stereocenters. The fourth-order valence-electron chi connectivity index (χ4n) is 3.14. The number of anilines is 1. The fraction of sp³-hybridized carbons (Fsp3) is 0.0476. The van der Waals surface area contributed by atoms with E-state index in [4.69, 9.17) is 42.5 Å². The number of halogens is 2. The van der Waals surface area contributed by atoms with E-state index in [9.17, 15) is 4.79 Å². The third kappa shape index (κ3) is 3.25. The molecule has 1 amide bonds. The van der Waals surface area contributed by atoms with Crippen LogP contribution < -0.4 is 14.4 Å². The van der Waals surface area contributed by atoms with Gasteiger partial charge in [0.15, 0.2) is 16.7 Å². The van der Waals surface area contributed by atoms with E-state index in [1.54, 1.807) is 54.6 Å². The van der Waals surface area contributed by atoms with Crippen LogP contribution in [-0.4, -0.2) is 17.9 Å². The van der Waals surface area contributed by atoms with Crippen molar-refractivity contribution in [2.24, 2.45) is 0 Å². The molecule has 3 heterocycles. The second-order valence-electron chi connectivity index (χ2n) is 6.40. The first-order valence-corrected chi connectivity index (χ1v) is 10.3. The van der Waals surface area contributed by atoms with Gasteiger partial charge in [0, 0.05) is 17.7 Å². The summed E-state index contributed by atoms with van der Waals surface area (Å²) in [4.78, 5) is 14.6. The molecule has 0 bridgehead atoms. The highest BCUT2D eigenvalue weighted by Crippen LogP contribution is 2.41. The number of amides is 1. The zero-order chi connectivity index (χ0) is 20.8. The Labute approximate surface area is 185 Å². The minimum absolute atomic E-state index is 0.0924. The van der Waals surface area contributed by atoms with Crippen molar-refractivity contribution in [2.75, 3.05) is 11.7 Å². The Morgan fingerprint density at radius 2 is 1.90 bits per heavy atom. The van der Waals surface area contributed by atoms with Crippen LogP contribution in [0.2, 0.25) is 10.0 Å². The van der Waals surface area contributed by atoms with Gasteiger partial charge in [-0.05, 0) is 48.2 Å². The molecule has 0 aliphatic carbocycles. The lowest BCUT2D eigenvalue weighted by atomic mass is 10.2. The van der Waals surface area contributed by atoms with E-state index < -0.39 is 0 Å². The Morgan fingerprint density at radius 3 is 2.77 bits per heavy atom.